The minimum atomic E-state index is 0. The van der Waals surface area contributed by atoms with Gasteiger partial charge in [-0.15, -0.1) is 34.2 Å². The van der Waals surface area contributed by atoms with Gasteiger partial charge in [0, 0.05) is 20.0 Å². The Balaban J connectivity index is 0.00000208. The lowest BCUT2D eigenvalue weighted by Crippen LogP contribution is -2.42. The Morgan fingerprint density at radius 1 is 1.38 bits per heavy atom. The van der Waals surface area contributed by atoms with Crippen molar-refractivity contribution in [3.8, 4) is 5.75 Å². The van der Waals surface area contributed by atoms with Crippen LogP contribution in [0, 0.1) is 0 Å². The van der Waals surface area contributed by atoms with Gasteiger partial charge < -0.3 is 19.9 Å². The molecular weight excluding hydrogens is 419 g/mol. The molecule has 1 aliphatic rings. The van der Waals surface area contributed by atoms with Crippen molar-refractivity contribution in [2.75, 3.05) is 13.1 Å². The zero-order valence-electron chi connectivity index (χ0n) is 13.9. The van der Waals surface area contributed by atoms with Crippen LogP contribution in [0.5, 0.6) is 5.75 Å². The number of aliphatic imine (C=N–C) groups is 1. The van der Waals surface area contributed by atoms with Crippen molar-refractivity contribution in [1.82, 2.24) is 25.4 Å². The first-order valence-corrected chi connectivity index (χ1v) is 7.86. The Morgan fingerprint density at radius 2 is 2.21 bits per heavy atom. The lowest BCUT2D eigenvalue weighted by molar-refractivity contribution is 0.235. The van der Waals surface area contributed by atoms with Crippen molar-refractivity contribution in [2.24, 2.45) is 12.0 Å². The van der Waals surface area contributed by atoms with Crippen LogP contribution < -0.4 is 15.4 Å². The summed E-state index contributed by atoms with van der Waals surface area (Å²) in [4.78, 5) is 4.54. The molecule has 2 N–H and O–H groups in total. The third-order valence-electron chi connectivity index (χ3n) is 3.74. The predicted octanol–water partition coefficient (Wildman–Crippen LogP) is 1.49. The van der Waals surface area contributed by atoms with E-state index in [1.807, 2.05) is 36.7 Å². The highest BCUT2D eigenvalue weighted by Gasteiger charge is 2.22. The number of nitrogens with one attached hydrogen (secondary N) is 2. The normalized spacial score (nSPS) is 16.1. The van der Waals surface area contributed by atoms with Crippen molar-refractivity contribution < 1.29 is 4.74 Å². The number of hydrogen-bond donors (Lipinski definition) is 2. The molecule has 0 aliphatic carbocycles. The summed E-state index contributed by atoms with van der Waals surface area (Å²) in [5.41, 5.74) is 1.26. The number of rotatable bonds is 5. The summed E-state index contributed by atoms with van der Waals surface area (Å²) in [6.07, 6.45) is 2.73. The highest BCUT2D eigenvalue weighted by Crippen LogP contribution is 2.27. The van der Waals surface area contributed by atoms with Gasteiger partial charge in [0.15, 0.2) is 11.8 Å². The van der Waals surface area contributed by atoms with Gasteiger partial charge in [0.2, 0.25) is 0 Å². The zero-order chi connectivity index (χ0) is 16.1. The third-order valence-corrected chi connectivity index (χ3v) is 3.74. The Labute approximate surface area is 158 Å². The minimum absolute atomic E-state index is 0. The van der Waals surface area contributed by atoms with Crippen molar-refractivity contribution in [3.05, 3.63) is 42.0 Å². The fourth-order valence-electron chi connectivity index (χ4n) is 2.52. The quantitative estimate of drug-likeness (QED) is 0.417. The molecule has 7 nitrogen and oxygen atoms in total. The molecule has 1 aromatic carbocycles. The lowest BCUT2D eigenvalue weighted by atomic mass is 10.1. The molecule has 0 fully saturated rings. The van der Waals surface area contributed by atoms with Crippen LogP contribution in [-0.4, -0.2) is 39.9 Å². The Bertz CT molecular complexity index is 662. The fourth-order valence-corrected chi connectivity index (χ4v) is 2.52. The van der Waals surface area contributed by atoms with Gasteiger partial charge in [-0.3, -0.25) is 0 Å². The van der Waals surface area contributed by atoms with E-state index in [1.54, 1.807) is 6.33 Å². The summed E-state index contributed by atoms with van der Waals surface area (Å²) >= 11 is 0. The molecule has 0 spiro atoms. The number of nitrogens with zero attached hydrogens (tertiary/aromatic N) is 4. The highest BCUT2D eigenvalue weighted by atomic mass is 127. The molecule has 24 heavy (non-hydrogen) atoms. The summed E-state index contributed by atoms with van der Waals surface area (Å²) in [6, 6.07) is 8.18. The van der Waals surface area contributed by atoms with Crippen molar-refractivity contribution in [1.29, 1.82) is 0 Å². The number of ether oxygens (including phenoxy) is 1. The molecule has 0 saturated heterocycles. The molecule has 0 amide bonds. The van der Waals surface area contributed by atoms with Crippen LogP contribution in [0.3, 0.4) is 0 Å². The average molecular weight is 442 g/mol. The average Bonchev–Trinajstić information content (AvgIpc) is 3.15. The Hall–Kier alpha value is -1.84. The molecule has 1 unspecified atom stereocenters. The fraction of sp³-hybridized carbons (Fsp3) is 0.438. The number of guanidine groups is 1. The Kier molecular flexibility index (Phi) is 6.83. The second-order valence-corrected chi connectivity index (χ2v) is 5.49. The van der Waals surface area contributed by atoms with E-state index in [4.69, 9.17) is 4.74 Å². The third kappa shape index (κ3) is 4.59. The number of benzene rings is 1. The van der Waals surface area contributed by atoms with Crippen LogP contribution >= 0.6 is 24.0 Å². The maximum atomic E-state index is 5.93. The van der Waals surface area contributed by atoms with Gasteiger partial charge in [-0.2, -0.15) is 0 Å². The van der Waals surface area contributed by atoms with E-state index in [2.05, 4.69) is 31.9 Å². The molecule has 1 atom stereocenters. The molecule has 2 heterocycles. The van der Waals surface area contributed by atoms with E-state index in [0.29, 0.717) is 13.1 Å². The predicted molar refractivity (Wildman–Crippen MR) is 104 cm³/mol. The Morgan fingerprint density at radius 3 is 2.92 bits per heavy atom. The summed E-state index contributed by atoms with van der Waals surface area (Å²) in [6.45, 7) is 4.04. The largest absolute Gasteiger partial charge is 0.488 e. The summed E-state index contributed by atoms with van der Waals surface area (Å²) in [5.74, 6) is 2.57. The molecule has 0 bridgehead atoms. The summed E-state index contributed by atoms with van der Waals surface area (Å²) in [7, 11) is 1.91. The number of fused-ring (bicyclic) bond motifs is 1. The molecule has 8 heteroatoms. The van der Waals surface area contributed by atoms with Crippen LogP contribution in [0.2, 0.25) is 0 Å². The molecular formula is C16H23IN6O. The lowest BCUT2D eigenvalue weighted by Gasteiger charge is -2.15. The van der Waals surface area contributed by atoms with Gasteiger partial charge in [-0.05, 0) is 18.6 Å². The second kappa shape index (κ2) is 8.86. The van der Waals surface area contributed by atoms with E-state index in [9.17, 15) is 0 Å². The zero-order valence-corrected chi connectivity index (χ0v) is 16.2. The molecule has 0 radical (unpaired) electrons. The van der Waals surface area contributed by atoms with Crippen LogP contribution in [0.25, 0.3) is 0 Å². The second-order valence-electron chi connectivity index (χ2n) is 5.49. The van der Waals surface area contributed by atoms with Crippen LogP contribution in [0.4, 0.5) is 0 Å². The molecule has 2 aromatic rings. The van der Waals surface area contributed by atoms with E-state index in [1.165, 1.54) is 5.56 Å². The maximum Gasteiger partial charge on any atom is 0.191 e. The van der Waals surface area contributed by atoms with Crippen molar-refractivity contribution in [2.45, 2.75) is 26.0 Å². The molecule has 130 valence electrons. The number of aromatic nitrogens is 3. The van der Waals surface area contributed by atoms with Crippen LogP contribution in [0.1, 0.15) is 18.3 Å². The first-order valence-electron chi connectivity index (χ1n) is 7.86. The summed E-state index contributed by atoms with van der Waals surface area (Å²) < 4.78 is 7.80. The molecule has 1 aliphatic heterocycles. The number of aryl methyl sites for hydroxylation is 1. The van der Waals surface area contributed by atoms with E-state index in [-0.39, 0.29) is 30.1 Å². The van der Waals surface area contributed by atoms with Gasteiger partial charge in [0.25, 0.3) is 0 Å². The smallest absolute Gasteiger partial charge is 0.191 e. The van der Waals surface area contributed by atoms with E-state index >= 15 is 0 Å². The van der Waals surface area contributed by atoms with E-state index in [0.717, 1.165) is 30.5 Å². The van der Waals surface area contributed by atoms with Crippen molar-refractivity contribution >= 4 is 29.9 Å². The van der Waals surface area contributed by atoms with Gasteiger partial charge in [0.05, 0.1) is 6.54 Å². The monoisotopic (exact) mass is 442 g/mol. The maximum absolute atomic E-state index is 5.93. The SMILES string of the molecule is CCNC(=NCc1nncn1C)NCC1Cc2ccccc2O1.I. The minimum Gasteiger partial charge on any atom is -0.488 e. The molecule has 0 saturated carbocycles. The summed E-state index contributed by atoms with van der Waals surface area (Å²) in [5, 5.41) is 14.5. The molecule has 1 aromatic heterocycles. The van der Waals surface area contributed by atoms with Crippen molar-refractivity contribution in [3.63, 3.8) is 0 Å². The van der Waals surface area contributed by atoms with Crippen LogP contribution in [0.15, 0.2) is 35.6 Å². The van der Waals surface area contributed by atoms with Gasteiger partial charge in [-0.25, -0.2) is 4.99 Å². The van der Waals surface area contributed by atoms with E-state index < -0.39 is 0 Å². The van der Waals surface area contributed by atoms with Gasteiger partial charge >= 0.3 is 0 Å². The number of para-hydroxylation sites is 1. The first-order chi connectivity index (χ1) is 11.3. The number of hydrogen-bond acceptors (Lipinski definition) is 4. The first kappa shape index (κ1) is 18.5. The van der Waals surface area contributed by atoms with Gasteiger partial charge in [0.1, 0.15) is 24.7 Å². The standard InChI is InChI=1S/C16H22N6O.HI/c1-3-17-16(19-10-15-21-20-11-22(15)2)18-9-13-8-12-6-4-5-7-14(12)23-13;/h4-7,11,13H,3,8-10H2,1-2H3,(H2,17,18,19);1H. The van der Waals surface area contributed by atoms with Crippen LogP contribution in [-0.2, 0) is 20.0 Å². The van der Waals surface area contributed by atoms with Gasteiger partial charge in [-0.1, -0.05) is 18.2 Å². The highest BCUT2D eigenvalue weighted by molar-refractivity contribution is 14.0. The topological polar surface area (TPSA) is 76.4 Å². The molecule has 3 rings (SSSR count). The number of halogens is 1.